The maximum absolute atomic E-state index is 11.6. The first-order valence-electron chi connectivity index (χ1n) is 7.83. The van der Waals surface area contributed by atoms with E-state index in [1.165, 1.54) is 0 Å². The van der Waals surface area contributed by atoms with Gasteiger partial charge in [-0.3, -0.25) is 10.2 Å². The molecule has 0 aliphatic carbocycles. The minimum Gasteiger partial charge on any atom is -0.333 e. The van der Waals surface area contributed by atoms with Crippen molar-refractivity contribution in [3.8, 4) is 11.1 Å². The number of hydrogen-bond acceptors (Lipinski definition) is 3. The van der Waals surface area contributed by atoms with Crippen LogP contribution < -0.4 is 21.9 Å². The Morgan fingerprint density at radius 2 is 1.58 bits per heavy atom. The lowest BCUT2D eigenvalue weighted by molar-refractivity contribution is -0.123. The Kier molecular flexibility index (Phi) is 6.33. The van der Waals surface area contributed by atoms with Gasteiger partial charge >= 0.3 is 6.03 Å². The molecule has 2 aromatic rings. The van der Waals surface area contributed by atoms with Gasteiger partial charge < -0.3 is 11.1 Å². The third-order valence-electron chi connectivity index (χ3n) is 3.59. The van der Waals surface area contributed by atoms with Crippen molar-refractivity contribution in [1.82, 2.24) is 16.2 Å². The summed E-state index contributed by atoms with van der Waals surface area (Å²) in [6, 6.07) is 16.9. The van der Waals surface area contributed by atoms with Gasteiger partial charge in [0.2, 0.25) is 0 Å². The second-order valence-electron chi connectivity index (χ2n) is 5.37. The maximum Gasteiger partial charge on any atom is 0.333 e. The predicted octanol–water partition coefficient (Wildman–Crippen LogP) is 1.92. The number of urea groups is 1. The van der Waals surface area contributed by atoms with Crippen molar-refractivity contribution in [2.75, 3.05) is 0 Å². The molecular formula is C18H22N4O2. The Balaban J connectivity index is 1.80. The molecule has 6 nitrogen and oxygen atoms in total. The van der Waals surface area contributed by atoms with Crippen LogP contribution in [-0.2, 0) is 11.3 Å². The third kappa shape index (κ3) is 5.10. The van der Waals surface area contributed by atoms with E-state index in [9.17, 15) is 9.59 Å². The van der Waals surface area contributed by atoms with E-state index in [1.54, 1.807) is 6.92 Å². The van der Waals surface area contributed by atoms with Crippen LogP contribution in [0.25, 0.3) is 11.1 Å². The Morgan fingerprint density at radius 1 is 0.958 bits per heavy atom. The van der Waals surface area contributed by atoms with Gasteiger partial charge in [0.05, 0.1) is 6.04 Å². The number of carbonyl (C=O) groups excluding carboxylic acids is 2. The van der Waals surface area contributed by atoms with Gasteiger partial charge in [0.15, 0.2) is 0 Å². The third-order valence-corrected chi connectivity index (χ3v) is 3.59. The topological polar surface area (TPSA) is 96.2 Å². The van der Waals surface area contributed by atoms with Crippen LogP contribution in [0.4, 0.5) is 4.79 Å². The zero-order valence-corrected chi connectivity index (χ0v) is 13.6. The van der Waals surface area contributed by atoms with Crippen LogP contribution >= 0.6 is 0 Å². The fourth-order valence-corrected chi connectivity index (χ4v) is 2.07. The molecule has 0 radical (unpaired) electrons. The molecule has 3 amide bonds. The standard InChI is InChI=1S/C18H22N4O2/c1-2-16(19)17(23)21-22-18(24)20-12-13-8-10-15(11-9-13)14-6-4-3-5-7-14/h3-11,16H,2,12,19H2,1H3,(H,21,23)(H2,20,22,24)/t16-/m1/s1. The molecule has 2 aromatic carbocycles. The number of benzene rings is 2. The fourth-order valence-electron chi connectivity index (χ4n) is 2.07. The molecule has 0 saturated carbocycles. The number of rotatable bonds is 5. The molecule has 1 atom stereocenters. The van der Waals surface area contributed by atoms with Gasteiger partial charge in [-0.15, -0.1) is 0 Å². The lowest BCUT2D eigenvalue weighted by atomic mass is 10.0. The average Bonchev–Trinajstić information content (AvgIpc) is 2.64. The number of nitrogens with one attached hydrogen (secondary N) is 3. The number of carbonyl (C=O) groups is 2. The monoisotopic (exact) mass is 326 g/mol. The van der Waals surface area contributed by atoms with Crippen molar-refractivity contribution in [2.45, 2.75) is 25.9 Å². The molecule has 126 valence electrons. The summed E-state index contributed by atoms with van der Waals surface area (Å²) >= 11 is 0. The molecule has 2 rings (SSSR count). The molecule has 0 bridgehead atoms. The van der Waals surface area contributed by atoms with Crippen LogP contribution in [0.2, 0.25) is 0 Å². The van der Waals surface area contributed by atoms with Gasteiger partial charge in [0, 0.05) is 6.54 Å². The van der Waals surface area contributed by atoms with Crippen LogP contribution in [0.3, 0.4) is 0 Å². The van der Waals surface area contributed by atoms with Crippen molar-refractivity contribution >= 4 is 11.9 Å². The molecule has 0 spiro atoms. The van der Waals surface area contributed by atoms with Gasteiger partial charge in [0.1, 0.15) is 0 Å². The zero-order valence-electron chi connectivity index (χ0n) is 13.6. The van der Waals surface area contributed by atoms with E-state index in [4.69, 9.17) is 5.73 Å². The number of amides is 3. The summed E-state index contributed by atoms with van der Waals surface area (Å²) < 4.78 is 0. The Bertz CT molecular complexity index is 671. The first kappa shape index (κ1) is 17.5. The summed E-state index contributed by atoms with van der Waals surface area (Å²) in [4.78, 5) is 23.1. The van der Waals surface area contributed by atoms with Gasteiger partial charge in [-0.1, -0.05) is 61.5 Å². The summed E-state index contributed by atoms with van der Waals surface area (Å²) in [7, 11) is 0. The highest BCUT2D eigenvalue weighted by Crippen LogP contribution is 2.19. The fraction of sp³-hybridized carbons (Fsp3) is 0.222. The van der Waals surface area contributed by atoms with E-state index in [1.807, 2.05) is 54.6 Å². The highest BCUT2D eigenvalue weighted by atomic mass is 16.2. The van der Waals surface area contributed by atoms with E-state index in [-0.39, 0.29) is 0 Å². The van der Waals surface area contributed by atoms with Crippen LogP contribution in [0.15, 0.2) is 54.6 Å². The minimum absolute atomic E-state index is 0.358. The summed E-state index contributed by atoms with van der Waals surface area (Å²) in [5.74, 6) is -0.417. The highest BCUT2D eigenvalue weighted by Gasteiger charge is 2.11. The first-order chi connectivity index (χ1) is 11.6. The predicted molar refractivity (Wildman–Crippen MR) is 93.7 cm³/mol. The summed E-state index contributed by atoms with van der Waals surface area (Å²) in [6.45, 7) is 2.15. The Labute approximate surface area is 141 Å². The van der Waals surface area contributed by atoms with Gasteiger partial charge in [0.25, 0.3) is 5.91 Å². The van der Waals surface area contributed by atoms with Crippen molar-refractivity contribution in [3.05, 3.63) is 60.2 Å². The zero-order chi connectivity index (χ0) is 17.4. The molecule has 5 N–H and O–H groups in total. The average molecular weight is 326 g/mol. The quantitative estimate of drug-likeness (QED) is 0.632. The van der Waals surface area contributed by atoms with E-state index in [0.29, 0.717) is 13.0 Å². The SMILES string of the molecule is CC[C@@H](N)C(=O)NNC(=O)NCc1ccc(-c2ccccc2)cc1. The van der Waals surface area contributed by atoms with E-state index >= 15 is 0 Å². The highest BCUT2D eigenvalue weighted by molar-refractivity contribution is 5.84. The van der Waals surface area contributed by atoms with Crippen LogP contribution in [0.5, 0.6) is 0 Å². The molecule has 0 aromatic heterocycles. The van der Waals surface area contributed by atoms with Gasteiger partial charge in [-0.25, -0.2) is 10.2 Å². The number of hydrazine groups is 1. The number of nitrogens with two attached hydrogens (primary N) is 1. The lowest BCUT2D eigenvalue weighted by Crippen LogP contribution is -2.51. The van der Waals surface area contributed by atoms with Crippen LogP contribution in [0, 0.1) is 0 Å². The van der Waals surface area contributed by atoms with Crippen molar-refractivity contribution in [1.29, 1.82) is 0 Å². The van der Waals surface area contributed by atoms with Crippen molar-refractivity contribution < 1.29 is 9.59 Å². The Hall–Kier alpha value is -2.86. The van der Waals surface area contributed by atoms with E-state index < -0.39 is 18.0 Å². The lowest BCUT2D eigenvalue weighted by Gasteiger charge is -2.12. The van der Waals surface area contributed by atoms with Gasteiger partial charge in [-0.05, 0) is 23.1 Å². The van der Waals surface area contributed by atoms with Crippen molar-refractivity contribution in [3.63, 3.8) is 0 Å². The molecule has 0 aliphatic rings. The number of hydrogen-bond donors (Lipinski definition) is 4. The molecule has 0 saturated heterocycles. The van der Waals surface area contributed by atoms with Gasteiger partial charge in [-0.2, -0.15) is 0 Å². The molecule has 0 fully saturated rings. The Morgan fingerprint density at radius 3 is 2.21 bits per heavy atom. The van der Waals surface area contributed by atoms with E-state index in [2.05, 4.69) is 16.2 Å². The molecule has 0 heterocycles. The normalized spacial score (nSPS) is 11.4. The second-order valence-corrected chi connectivity index (χ2v) is 5.37. The summed E-state index contributed by atoms with van der Waals surface area (Å²) in [6.07, 6.45) is 0.503. The summed E-state index contributed by atoms with van der Waals surface area (Å²) in [5.41, 5.74) is 13.3. The molecule has 24 heavy (non-hydrogen) atoms. The van der Waals surface area contributed by atoms with E-state index in [0.717, 1.165) is 16.7 Å². The first-order valence-corrected chi connectivity index (χ1v) is 7.83. The molecule has 0 aliphatic heterocycles. The maximum atomic E-state index is 11.6. The van der Waals surface area contributed by atoms with Crippen molar-refractivity contribution in [2.24, 2.45) is 5.73 Å². The molecule has 6 heteroatoms. The van der Waals surface area contributed by atoms with Crippen LogP contribution in [-0.4, -0.2) is 18.0 Å². The smallest absolute Gasteiger partial charge is 0.333 e. The minimum atomic E-state index is -0.629. The summed E-state index contributed by atoms with van der Waals surface area (Å²) in [5, 5.41) is 2.66. The molecule has 0 unspecified atom stereocenters. The van der Waals surface area contributed by atoms with Crippen LogP contribution in [0.1, 0.15) is 18.9 Å². The second kappa shape index (κ2) is 8.69. The molecular weight excluding hydrogens is 304 g/mol. The largest absolute Gasteiger partial charge is 0.333 e.